The molecule has 2 aromatic heterocycles. The zero-order valence-electron chi connectivity index (χ0n) is 14.1. The number of imidazole rings is 1. The van der Waals surface area contributed by atoms with Crippen LogP contribution in [0, 0.1) is 0 Å². The Morgan fingerprint density at radius 3 is 2.80 bits per heavy atom. The average molecular weight is 336 g/mol. The van der Waals surface area contributed by atoms with Gasteiger partial charge in [0, 0.05) is 13.6 Å². The van der Waals surface area contributed by atoms with Gasteiger partial charge in [0.15, 0.2) is 0 Å². The lowest BCUT2D eigenvalue weighted by atomic mass is 10.0. The number of aromatic amines is 1. The van der Waals surface area contributed by atoms with Crippen LogP contribution < -0.4 is 0 Å². The van der Waals surface area contributed by atoms with Crippen LogP contribution in [0.1, 0.15) is 41.6 Å². The maximum atomic E-state index is 12.9. The van der Waals surface area contributed by atoms with Crippen molar-refractivity contribution in [3.8, 4) is 11.3 Å². The van der Waals surface area contributed by atoms with Gasteiger partial charge in [-0.15, -0.1) is 5.10 Å². The second-order valence-electron chi connectivity index (χ2n) is 6.30. The summed E-state index contributed by atoms with van der Waals surface area (Å²) >= 11 is 0. The lowest BCUT2D eigenvalue weighted by Crippen LogP contribution is -2.39. The van der Waals surface area contributed by atoms with Crippen molar-refractivity contribution in [2.24, 2.45) is 7.05 Å². The third-order valence-electron chi connectivity index (χ3n) is 4.69. The van der Waals surface area contributed by atoms with Crippen LogP contribution in [0.25, 0.3) is 11.3 Å². The Bertz CT molecular complexity index is 869. The molecule has 128 valence electrons. The van der Waals surface area contributed by atoms with E-state index >= 15 is 0 Å². The Morgan fingerprint density at radius 1 is 1.20 bits per heavy atom. The summed E-state index contributed by atoms with van der Waals surface area (Å²) in [5.41, 5.74) is 2.56. The van der Waals surface area contributed by atoms with Crippen molar-refractivity contribution in [1.82, 2.24) is 29.9 Å². The molecule has 7 nitrogen and oxygen atoms in total. The predicted molar refractivity (Wildman–Crippen MR) is 92.7 cm³/mol. The summed E-state index contributed by atoms with van der Waals surface area (Å²) in [4.78, 5) is 22.8. The topological polar surface area (TPSA) is 79.7 Å². The zero-order chi connectivity index (χ0) is 17.2. The molecule has 1 unspecified atom stereocenters. The fraction of sp³-hybridized carbons (Fsp3) is 0.333. The molecule has 1 fully saturated rings. The van der Waals surface area contributed by atoms with Crippen molar-refractivity contribution in [1.29, 1.82) is 0 Å². The molecule has 3 heterocycles. The Hall–Kier alpha value is -2.96. The van der Waals surface area contributed by atoms with Crippen molar-refractivity contribution < 1.29 is 4.79 Å². The molecule has 1 saturated heterocycles. The second-order valence-corrected chi connectivity index (χ2v) is 6.30. The number of aryl methyl sites for hydroxylation is 1. The fourth-order valence-corrected chi connectivity index (χ4v) is 3.36. The van der Waals surface area contributed by atoms with Gasteiger partial charge in [0.2, 0.25) is 0 Å². The third kappa shape index (κ3) is 2.93. The van der Waals surface area contributed by atoms with Gasteiger partial charge in [0.1, 0.15) is 11.5 Å². The minimum absolute atomic E-state index is 0.0464. The molecule has 1 atom stereocenters. The molecule has 1 aliphatic rings. The SMILES string of the molecule is Cn1nncc1C(=O)N1CCCCC1c1ncc(-c2ccccc2)[nH]1. The minimum atomic E-state index is -0.0476. The van der Waals surface area contributed by atoms with E-state index in [0.29, 0.717) is 5.69 Å². The highest BCUT2D eigenvalue weighted by molar-refractivity contribution is 5.92. The summed E-state index contributed by atoms with van der Waals surface area (Å²) in [6.07, 6.45) is 6.34. The van der Waals surface area contributed by atoms with E-state index in [4.69, 9.17) is 0 Å². The first-order valence-electron chi connectivity index (χ1n) is 8.50. The van der Waals surface area contributed by atoms with Gasteiger partial charge in [-0.05, 0) is 24.8 Å². The van der Waals surface area contributed by atoms with E-state index in [1.165, 1.54) is 10.9 Å². The molecule has 0 bridgehead atoms. The van der Waals surface area contributed by atoms with Gasteiger partial charge < -0.3 is 9.88 Å². The molecule has 0 radical (unpaired) electrons. The van der Waals surface area contributed by atoms with Crippen LogP contribution in [-0.2, 0) is 7.05 Å². The molecule has 1 aromatic carbocycles. The highest BCUT2D eigenvalue weighted by Crippen LogP contribution is 2.31. The van der Waals surface area contributed by atoms with Crippen LogP contribution in [0.5, 0.6) is 0 Å². The van der Waals surface area contributed by atoms with E-state index in [0.717, 1.165) is 42.9 Å². The van der Waals surface area contributed by atoms with Crippen molar-refractivity contribution in [3.05, 3.63) is 54.2 Å². The average Bonchev–Trinajstić information content (AvgIpc) is 3.31. The molecular weight excluding hydrogens is 316 g/mol. The highest BCUT2D eigenvalue weighted by atomic mass is 16.2. The maximum Gasteiger partial charge on any atom is 0.274 e. The number of amides is 1. The number of H-pyrrole nitrogens is 1. The number of likely N-dealkylation sites (tertiary alicyclic amines) is 1. The smallest absolute Gasteiger partial charge is 0.274 e. The summed E-state index contributed by atoms with van der Waals surface area (Å²) in [6, 6.07) is 10.0. The van der Waals surface area contributed by atoms with E-state index in [-0.39, 0.29) is 11.9 Å². The number of benzene rings is 1. The molecular formula is C18H20N6O. The number of carbonyl (C=O) groups is 1. The molecule has 0 aliphatic carbocycles. The first kappa shape index (κ1) is 15.6. The van der Waals surface area contributed by atoms with E-state index in [2.05, 4.69) is 20.3 Å². The van der Waals surface area contributed by atoms with Crippen LogP contribution in [0.2, 0.25) is 0 Å². The lowest BCUT2D eigenvalue weighted by Gasteiger charge is -2.34. The Labute approximate surface area is 145 Å². The number of nitrogens with one attached hydrogen (secondary N) is 1. The lowest BCUT2D eigenvalue weighted by molar-refractivity contribution is 0.0589. The summed E-state index contributed by atoms with van der Waals surface area (Å²) < 4.78 is 1.52. The van der Waals surface area contributed by atoms with Gasteiger partial charge in [-0.3, -0.25) is 4.79 Å². The van der Waals surface area contributed by atoms with Crippen molar-refractivity contribution in [3.63, 3.8) is 0 Å². The first-order valence-corrected chi connectivity index (χ1v) is 8.50. The zero-order valence-corrected chi connectivity index (χ0v) is 14.1. The number of aromatic nitrogens is 5. The van der Waals surface area contributed by atoms with E-state index in [1.807, 2.05) is 41.4 Å². The van der Waals surface area contributed by atoms with Gasteiger partial charge in [0.25, 0.3) is 5.91 Å². The molecule has 25 heavy (non-hydrogen) atoms. The van der Waals surface area contributed by atoms with E-state index in [1.54, 1.807) is 7.05 Å². The number of hydrogen-bond donors (Lipinski definition) is 1. The normalized spacial score (nSPS) is 17.6. The number of carbonyl (C=O) groups excluding carboxylic acids is 1. The largest absolute Gasteiger partial charge is 0.340 e. The van der Waals surface area contributed by atoms with Gasteiger partial charge in [-0.2, -0.15) is 0 Å². The number of nitrogens with zero attached hydrogens (tertiary/aromatic N) is 5. The van der Waals surface area contributed by atoms with Crippen molar-refractivity contribution in [2.75, 3.05) is 6.54 Å². The molecule has 1 amide bonds. The summed E-state index contributed by atoms with van der Waals surface area (Å²) in [5, 5.41) is 7.69. The number of hydrogen-bond acceptors (Lipinski definition) is 4. The number of rotatable bonds is 3. The Balaban J connectivity index is 1.63. The minimum Gasteiger partial charge on any atom is -0.340 e. The Morgan fingerprint density at radius 2 is 2.04 bits per heavy atom. The standard InChI is InChI=1S/C18H20N6O/c1-23-16(12-20-22-23)18(25)24-10-6-5-9-15(24)17-19-11-14(21-17)13-7-3-2-4-8-13/h2-4,7-8,11-12,15H,5-6,9-10H2,1H3,(H,19,21). The van der Waals surface area contributed by atoms with Crippen LogP contribution >= 0.6 is 0 Å². The fourth-order valence-electron chi connectivity index (χ4n) is 3.36. The van der Waals surface area contributed by atoms with Gasteiger partial charge in [-0.1, -0.05) is 35.5 Å². The third-order valence-corrected chi connectivity index (χ3v) is 4.69. The predicted octanol–water partition coefficient (Wildman–Crippen LogP) is 2.57. The van der Waals surface area contributed by atoms with Crippen molar-refractivity contribution in [2.45, 2.75) is 25.3 Å². The number of piperidine rings is 1. The quantitative estimate of drug-likeness (QED) is 0.797. The van der Waals surface area contributed by atoms with Gasteiger partial charge >= 0.3 is 0 Å². The van der Waals surface area contributed by atoms with Crippen LogP contribution in [0.4, 0.5) is 0 Å². The Kier molecular flexibility index (Phi) is 4.05. The van der Waals surface area contributed by atoms with Gasteiger partial charge in [0.05, 0.1) is 24.1 Å². The van der Waals surface area contributed by atoms with E-state index < -0.39 is 0 Å². The molecule has 0 saturated carbocycles. The van der Waals surface area contributed by atoms with Crippen LogP contribution in [0.15, 0.2) is 42.7 Å². The summed E-state index contributed by atoms with van der Waals surface area (Å²) in [7, 11) is 1.74. The van der Waals surface area contributed by atoms with Crippen LogP contribution in [0.3, 0.4) is 0 Å². The monoisotopic (exact) mass is 336 g/mol. The molecule has 4 rings (SSSR count). The summed E-state index contributed by atoms with van der Waals surface area (Å²) in [5.74, 6) is 0.789. The van der Waals surface area contributed by atoms with E-state index in [9.17, 15) is 4.79 Å². The van der Waals surface area contributed by atoms with Crippen LogP contribution in [-0.4, -0.2) is 42.3 Å². The highest BCUT2D eigenvalue weighted by Gasteiger charge is 2.32. The molecule has 0 spiro atoms. The molecule has 1 N–H and O–H groups in total. The first-order chi connectivity index (χ1) is 12.2. The molecule has 3 aromatic rings. The summed E-state index contributed by atoms with van der Waals surface area (Å²) in [6.45, 7) is 0.718. The maximum absolute atomic E-state index is 12.9. The molecule has 1 aliphatic heterocycles. The second kappa shape index (κ2) is 6.51. The van der Waals surface area contributed by atoms with Crippen molar-refractivity contribution >= 4 is 5.91 Å². The van der Waals surface area contributed by atoms with Gasteiger partial charge in [-0.25, -0.2) is 9.67 Å². The molecule has 7 heteroatoms.